The van der Waals surface area contributed by atoms with Gasteiger partial charge < -0.3 is 20.1 Å². The summed E-state index contributed by atoms with van der Waals surface area (Å²) in [7, 11) is 1.65. The maximum absolute atomic E-state index is 12.9. The molecule has 2 N–H and O–H groups in total. The summed E-state index contributed by atoms with van der Waals surface area (Å²) in [4.78, 5) is 27.8. The molecule has 2 unspecified atom stereocenters. The van der Waals surface area contributed by atoms with Crippen LogP contribution in [0.4, 0.5) is 4.79 Å². The largest absolute Gasteiger partial charge is 0.497 e. The van der Waals surface area contributed by atoms with Crippen LogP contribution in [0, 0.1) is 5.92 Å². The van der Waals surface area contributed by atoms with Gasteiger partial charge in [-0.25, -0.2) is 4.79 Å². The fraction of sp³-hybridized carbons (Fsp3) is 0.619. The first-order valence-electron chi connectivity index (χ1n) is 10.1. The lowest BCUT2D eigenvalue weighted by molar-refractivity contribution is -0.139. The number of carbonyl (C=O) groups is 2. The molecule has 1 saturated carbocycles. The number of aliphatic carboxylic acids is 1. The molecule has 3 rings (SSSR count). The van der Waals surface area contributed by atoms with Gasteiger partial charge in [-0.2, -0.15) is 0 Å². The van der Waals surface area contributed by atoms with Crippen molar-refractivity contribution in [3.05, 3.63) is 29.8 Å². The van der Waals surface area contributed by atoms with E-state index in [0.29, 0.717) is 12.5 Å². The number of ether oxygens (including phenoxy) is 1. The lowest BCUT2D eigenvalue weighted by Crippen LogP contribution is -2.56. The summed E-state index contributed by atoms with van der Waals surface area (Å²) in [6.07, 6.45) is 2.55. The molecule has 154 valence electrons. The topological polar surface area (TPSA) is 82.1 Å². The highest BCUT2D eigenvalue weighted by molar-refractivity contribution is 5.75. The zero-order valence-electron chi connectivity index (χ0n) is 16.9. The molecule has 0 spiro atoms. The zero-order valence-corrected chi connectivity index (χ0v) is 16.9. The SMILES string of the molecule is CCN(CC(=O)O)C1CC(NC(=O)N2CC(C)CC2c2cccc(OC)c2)C1. The Bertz CT molecular complexity index is 705. The average molecular weight is 389 g/mol. The van der Waals surface area contributed by atoms with Crippen molar-refractivity contribution in [3.8, 4) is 5.75 Å². The van der Waals surface area contributed by atoms with Gasteiger partial charge in [0, 0.05) is 18.6 Å². The normalized spacial score (nSPS) is 26.8. The van der Waals surface area contributed by atoms with Gasteiger partial charge >= 0.3 is 12.0 Å². The van der Waals surface area contributed by atoms with Crippen LogP contribution in [0.15, 0.2) is 24.3 Å². The number of nitrogens with one attached hydrogen (secondary N) is 1. The van der Waals surface area contributed by atoms with Gasteiger partial charge in [-0.05, 0) is 49.4 Å². The molecule has 0 aromatic heterocycles. The second-order valence-electron chi connectivity index (χ2n) is 8.01. The molecule has 1 aliphatic carbocycles. The minimum absolute atomic E-state index is 0.0260. The predicted octanol–water partition coefficient (Wildman–Crippen LogP) is 2.73. The standard InChI is InChI=1S/C21H31N3O4/c1-4-23(13-20(25)26)17-10-16(11-17)22-21(27)24-12-14(2)8-19(24)15-6-5-7-18(9-15)28-3/h5-7,9,14,16-17,19H,4,8,10-13H2,1-3H3,(H,22,27)(H,25,26). The molecule has 2 fully saturated rings. The lowest BCUT2D eigenvalue weighted by atomic mass is 9.85. The van der Waals surface area contributed by atoms with Crippen molar-refractivity contribution in [2.24, 2.45) is 5.92 Å². The van der Waals surface area contributed by atoms with Gasteiger partial charge in [-0.1, -0.05) is 26.0 Å². The maximum atomic E-state index is 12.9. The van der Waals surface area contributed by atoms with Crippen molar-refractivity contribution < 1.29 is 19.4 Å². The zero-order chi connectivity index (χ0) is 20.3. The van der Waals surface area contributed by atoms with E-state index in [-0.39, 0.29) is 30.7 Å². The number of amides is 2. The third-order valence-electron chi connectivity index (χ3n) is 5.95. The number of methoxy groups -OCH3 is 1. The van der Waals surface area contributed by atoms with E-state index < -0.39 is 5.97 Å². The van der Waals surface area contributed by atoms with E-state index in [2.05, 4.69) is 18.3 Å². The first-order valence-corrected chi connectivity index (χ1v) is 10.1. The molecule has 1 aliphatic heterocycles. The Morgan fingerprint density at radius 1 is 1.32 bits per heavy atom. The van der Waals surface area contributed by atoms with Crippen molar-refractivity contribution in [2.75, 3.05) is 26.7 Å². The van der Waals surface area contributed by atoms with E-state index in [0.717, 1.165) is 37.1 Å². The van der Waals surface area contributed by atoms with E-state index in [9.17, 15) is 9.59 Å². The molecule has 28 heavy (non-hydrogen) atoms. The molecule has 0 radical (unpaired) electrons. The van der Waals surface area contributed by atoms with E-state index >= 15 is 0 Å². The molecule has 2 atom stereocenters. The number of carbonyl (C=O) groups excluding carboxylic acids is 1. The van der Waals surface area contributed by atoms with Crippen molar-refractivity contribution in [1.29, 1.82) is 0 Å². The quantitative estimate of drug-likeness (QED) is 0.749. The number of hydrogen-bond acceptors (Lipinski definition) is 4. The number of rotatable bonds is 7. The van der Waals surface area contributed by atoms with Crippen molar-refractivity contribution >= 4 is 12.0 Å². The van der Waals surface area contributed by atoms with Crippen LogP contribution in [0.5, 0.6) is 5.75 Å². The second kappa shape index (κ2) is 8.82. The molecule has 2 amide bonds. The lowest BCUT2D eigenvalue weighted by Gasteiger charge is -2.43. The Balaban J connectivity index is 1.58. The highest BCUT2D eigenvalue weighted by Gasteiger charge is 2.39. The smallest absolute Gasteiger partial charge is 0.318 e. The minimum Gasteiger partial charge on any atom is -0.497 e. The van der Waals surface area contributed by atoms with E-state index in [1.165, 1.54) is 0 Å². The van der Waals surface area contributed by atoms with Gasteiger partial charge in [0.05, 0.1) is 19.7 Å². The monoisotopic (exact) mass is 389 g/mol. The number of nitrogens with zero attached hydrogens (tertiary/aromatic N) is 2. The summed E-state index contributed by atoms with van der Waals surface area (Å²) in [5.41, 5.74) is 1.10. The first-order chi connectivity index (χ1) is 13.4. The molecule has 1 saturated heterocycles. The number of benzene rings is 1. The highest BCUT2D eigenvalue weighted by atomic mass is 16.5. The van der Waals surface area contributed by atoms with Crippen molar-refractivity contribution in [1.82, 2.24) is 15.1 Å². The average Bonchev–Trinajstić information content (AvgIpc) is 3.04. The Morgan fingerprint density at radius 2 is 2.07 bits per heavy atom. The first kappa shape index (κ1) is 20.5. The fourth-order valence-corrected chi connectivity index (χ4v) is 4.37. The molecule has 2 aliphatic rings. The molecule has 1 aromatic rings. The van der Waals surface area contributed by atoms with Crippen LogP contribution in [0.3, 0.4) is 0 Å². The molecule has 0 bridgehead atoms. The highest BCUT2D eigenvalue weighted by Crippen LogP contribution is 2.37. The molecular weight excluding hydrogens is 358 g/mol. The molecule has 7 heteroatoms. The van der Waals surface area contributed by atoms with Crippen LogP contribution < -0.4 is 10.1 Å². The number of likely N-dealkylation sites (tertiary alicyclic amines) is 1. The maximum Gasteiger partial charge on any atom is 0.318 e. The third-order valence-corrected chi connectivity index (χ3v) is 5.95. The Morgan fingerprint density at radius 3 is 2.71 bits per heavy atom. The van der Waals surface area contributed by atoms with Crippen LogP contribution in [-0.2, 0) is 4.79 Å². The van der Waals surface area contributed by atoms with E-state index in [4.69, 9.17) is 9.84 Å². The Labute approximate surface area is 166 Å². The Hall–Kier alpha value is -2.28. The van der Waals surface area contributed by atoms with E-state index in [1.54, 1.807) is 7.11 Å². The summed E-state index contributed by atoms with van der Waals surface area (Å²) in [6.45, 7) is 5.65. The predicted molar refractivity (Wildman–Crippen MR) is 106 cm³/mol. The molecule has 1 heterocycles. The number of carboxylic acids is 1. The number of hydrogen-bond donors (Lipinski definition) is 2. The van der Waals surface area contributed by atoms with Gasteiger partial charge in [-0.15, -0.1) is 0 Å². The van der Waals surface area contributed by atoms with Crippen LogP contribution >= 0.6 is 0 Å². The van der Waals surface area contributed by atoms with Crippen LogP contribution in [0.1, 0.15) is 44.7 Å². The van der Waals surface area contributed by atoms with Crippen molar-refractivity contribution in [2.45, 2.75) is 51.2 Å². The van der Waals surface area contributed by atoms with Gasteiger partial charge in [0.1, 0.15) is 5.75 Å². The third kappa shape index (κ3) is 4.58. The Kier molecular flexibility index (Phi) is 6.44. The van der Waals surface area contributed by atoms with Crippen LogP contribution in [-0.4, -0.2) is 65.7 Å². The fourth-order valence-electron chi connectivity index (χ4n) is 4.37. The molecular formula is C21H31N3O4. The molecule has 1 aromatic carbocycles. The van der Waals surface area contributed by atoms with Crippen LogP contribution in [0.25, 0.3) is 0 Å². The van der Waals surface area contributed by atoms with Gasteiger partial charge in [0.2, 0.25) is 0 Å². The summed E-state index contributed by atoms with van der Waals surface area (Å²) < 4.78 is 5.33. The summed E-state index contributed by atoms with van der Waals surface area (Å²) >= 11 is 0. The van der Waals surface area contributed by atoms with E-state index in [1.807, 2.05) is 34.9 Å². The number of likely N-dealkylation sites (N-methyl/N-ethyl adjacent to an activating group) is 1. The van der Waals surface area contributed by atoms with Gasteiger partial charge in [0.15, 0.2) is 0 Å². The van der Waals surface area contributed by atoms with Gasteiger partial charge in [-0.3, -0.25) is 9.69 Å². The second-order valence-corrected chi connectivity index (χ2v) is 8.01. The number of carboxylic acid groups (broad SMARTS) is 1. The van der Waals surface area contributed by atoms with Crippen LogP contribution in [0.2, 0.25) is 0 Å². The summed E-state index contributed by atoms with van der Waals surface area (Å²) in [5, 5.41) is 12.2. The summed E-state index contributed by atoms with van der Waals surface area (Å²) in [5.74, 6) is 0.445. The summed E-state index contributed by atoms with van der Waals surface area (Å²) in [6, 6.07) is 8.31. The number of urea groups is 1. The van der Waals surface area contributed by atoms with Crippen molar-refractivity contribution in [3.63, 3.8) is 0 Å². The minimum atomic E-state index is -0.804. The molecule has 7 nitrogen and oxygen atoms in total. The van der Waals surface area contributed by atoms with Gasteiger partial charge in [0.25, 0.3) is 0 Å².